The number of halogens is 2. The van der Waals surface area contributed by atoms with Crippen LogP contribution in [-0.2, 0) is 14.4 Å². The number of amides is 3. The van der Waals surface area contributed by atoms with Crippen LogP contribution in [0.5, 0.6) is 5.75 Å². The van der Waals surface area contributed by atoms with Gasteiger partial charge in [-0.15, -0.1) is 0 Å². The zero-order valence-electron chi connectivity index (χ0n) is 25.1. The number of benzene rings is 2. The molecule has 0 aliphatic carbocycles. The predicted molar refractivity (Wildman–Crippen MR) is 170 cm³/mol. The third-order valence-corrected chi connectivity index (χ3v) is 9.91. The summed E-state index contributed by atoms with van der Waals surface area (Å²) in [5, 5.41) is 4.47. The summed E-state index contributed by atoms with van der Waals surface area (Å²) in [7, 11) is 0. The number of carbonyl (C=O) groups is 3. The van der Waals surface area contributed by atoms with E-state index in [-0.39, 0.29) is 36.3 Å². The highest BCUT2D eigenvalue weighted by Crippen LogP contribution is 2.36. The monoisotopic (exact) mass is 628 g/mol. The molecule has 0 spiro atoms. The summed E-state index contributed by atoms with van der Waals surface area (Å²) in [5.74, 6) is 0.602. The van der Waals surface area contributed by atoms with Crippen LogP contribution in [0.2, 0.25) is 10.0 Å². The maximum atomic E-state index is 13.8. The fraction of sp³-hybridized carbons (Fsp3) is 0.545. The van der Waals surface area contributed by atoms with E-state index >= 15 is 0 Å². The SMILES string of the molecule is CC(=O)N1CCC(C(=O)N(CCCN2C3CCC2CC(NC(=O)COc2ccc(Cl)cc2)C3)c2ccc(C)c(Cl)c2)CC1. The second kappa shape index (κ2) is 14.3. The van der Waals surface area contributed by atoms with Gasteiger partial charge in [0.25, 0.3) is 5.91 Å². The van der Waals surface area contributed by atoms with Gasteiger partial charge >= 0.3 is 0 Å². The molecule has 3 aliphatic rings. The van der Waals surface area contributed by atoms with Crippen molar-refractivity contribution in [2.45, 2.75) is 76.9 Å². The molecule has 2 aromatic carbocycles. The van der Waals surface area contributed by atoms with Crippen molar-refractivity contribution in [3.05, 3.63) is 58.1 Å². The Labute approximate surface area is 264 Å². The summed E-state index contributed by atoms with van der Waals surface area (Å²) >= 11 is 12.4. The Hall–Kier alpha value is -2.81. The molecule has 2 aromatic rings. The van der Waals surface area contributed by atoms with Gasteiger partial charge in [0.05, 0.1) is 0 Å². The van der Waals surface area contributed by atoms with Crippen molar-refractivity contribution in [2.24, 2.45) is 5.92 Å². The number of fused-ring (bicyclic) bond motifs is 2. The first-order chi connectivity index (χ1) is 20.7. The largest absolute Gasteiger partial charge is 0.484 e. The molecule has 5 rings (SSSR count). The number of likely N-dealkylation sites (tertiary alicyclic amines) is 1. The highest BCUT2D eigenvalue weighted by molar-refractivity contribution is 6.31. The van der Waals surface area contributed by atoms with Crippen molar-refractivity contribution in [1.82, 2.24) is 15.1 Å². The van der Waals surface area contributed by atoms with Crippen LogP contribution in [-0.4, -0.2) is 78.4 Å². The molecule has 1 N–H and O–H groups in total. The Bertz CT molecular complexity index is 1280. The van der Waals surface area contributed by atoms with Crippen molar-refractivity contribution in [2.75, 3.05) is 37.7 Å². The lowest BCUT2D eigenvalue weighted by Crippen LogP contribution is -2.51. The number of ether oxygens (including phenoxy) is 1. The van der Waals surface area contributed by atoms with Crippen LogP contribution < -0.4 is 15.0 Å². The summed E-state index contributed by atoms with van der Waals surface area (Å²) < 4.78 is 5.62. The molecule has 3 amide bonds. The van der Waals surface area contributed by atoms with E-state index in [0.717, 1.165) is 49.9 Å². The lowest BCUT2D eigenvalue weighted by atomic mass is 9.94. The summed E-state index contributed by atoms with van der Waals surface area (Å²) in [5.41, 5.74) is 1.82. The van der Waals surface area contributed by atoms with E-state index in [1.54, 1.807) is 31.2 Å². The van der Waals surface area contributed by atoms with E-state index < -0.39 is 0 Å². The van der Waals surface area contributed by atoms with Crippen molar-refractivity contribution in [3.63, 3.8) is 0 Å². The van der Waals surface area contributed by atoms with Crippen LogP contribution in [0.1, 0.15) is 57.4 Å². The van der Waals surface area contributed by atoms with Gasteiger partial charge in [0.2, 0.25) is 11.8 Å². The van der Waals surface area contributed by atoms with Gasteiger partial charge in [-0.2, -0.15) is 0 Å². The zero-order valence-corrected chi connectivity index (χ0v) is 26.6. The van der Waals surface area contributed by atoms with Crippen LogP contribution in [0, 0.1) is 12.8 Å². The van der Waals surface area contributed by atoms with Crippen molar-refractivity contribution in [3.8, 4) is 5.75 Å². The molecule has 3 heterocycles. The quantitative estimate of drug-likeness (QED) is 0.377. The van der Waals surface area contributed by atoms with Crippen LogP contribution in [0.15, 0.2) is 42.5 Å². The molecule has 2 atom stereocenters. The molecular weight excluding hydrogens is 587 g/mol. The number of rotatable bonds is 10. The Kier molecular flexibility index (Phi) is 10.5. The normalized spacial score (nSPS) is 22.3. The average Bonchev–Trinajstić information content (AvgIpc) is 3.23. The molecule has 2 unspecified atom stereocenters. The van der Waals surface area contributed by atoms with Gasteiger partial charge in [-0.25, -0.2) is 0 Å². The smallest absolute Gasteiger partial charge is 0.258 e. The van der Waals surface area contributed by atoms with E-state index in [4.69, 9.17) is 27.9 Å². The number of carbonyl (C=O) groups excluding carboxylic acids is 3. The maximum absolute atomic E-state index is 13.8. The third kappa shape index (κ3) is 8.02. The number of hydrogen-bond acceptors (Lipinski definition) is 5. The van der Waals surface area contributed by atoms with E-state index in [9.17, 15) is 14.4 Å². The summed E-state index contributed by atoms with van der Waals surface area (Å²) in [6, 6.07) is 13.8. The summed E-state index contributed by atoms with van der Waals surface area (Å²) in [6.45, 7) is 6.30. The van der Waals surface area contributed by atoms with E-state index in [1.165, 1.54) is 0 Å². The van der Waals surface area contributed by atoms with E-state index in [0.29, 0.717) is 60.4 Å². The standard InChI is InChI=1S/C33H42Cl2N4O4/c1-22-4-7-29(20-31(22)35)39(33(42)24-12-16-37(17-13-24)23(2)40)15-3-14-38-27-8-9-28(38)19-26(18-27)36-32(41)21-43-30-10-5-25(34)6-11-30/h4-7,10-11,20,24,26-28H,3,8-9,12-19,21H2,1-2H3,(H,36,41). The molecule has 0 saturated carbocycles. The fourth-order valence-corrected chi connectivity index (χ4v) is 7.20. The van der Waals surface area contributed by atoms with Gasteiger partial charge in [0.15, 0.2) is 6.61 Å². The number of anilines is 1. The molecule has 3 fully saturated rings. The summed E-state index contributed by atoms with van der Waals surface area (Å²) in [4.78, 5) is 44.5. The molecule has 0 aromatic heterocycles. The van der Waals surface area contributed by atoms with Crippen molar-refractivity contribution in [1.29, 1.82) is 0 Å². The lowest BCUT2D eigenvalue weighted by Gasteiger charge is -2.39. The number of aryl methyl sites for hydroxylation is 1. The van der Waals surface area contributed by atoms with Crippen LogP contribution in [0.3, 0.4) is 0 Å². The van der Waals surface area contributed by atoms with Gasteiger partial charge in [-0.3, -0.25) is 19.3 Å². The molecule has 10 heteroatoms. The fourth-order valence-electron chi connectivity index (χ4n) is 6.90. The highest BCUT2D eigenvalue weighted by atomic mass is 35.5. The molecule has 2 bridgehead atoms. The molecule has 0 radical (unpaired) electrons. The third-order valence-electron chi connectivity index (χ3n) is 9.25. The Morgan fingerprint density at radius 1 is 0.977 bits per heavy atom. The Morgan fingerprint density at radius 2 is 1.65 bits per heavy atom. The molecular formula is C33H42Cl2N4O4. The second-order valence-electron chi connectivity index (χ2n) is 12.2. The Morgan fingerprint density at radius 3 is 2.28 bits per heavy atom. The van der Waals surface area contributed by atoms with Crippen molar-refractivity contribution >= 4 is 46.6 Å². The van der Waals surface area contributed by atoms with Crippen LogP contribution >= 0.6 is 23.2 Å². The van der Waals surface area contributed by atoms with Gasteiger partial charge in [0.1, 0.15) is 5.75 Å². The predicted octanol–water partition coefficient (Wildman–Crippen LogP) is 5.47. The Balaban J connectivity index is 1.14. The molecule has 43 heavy (non-hydrogen) atoms. The van der Waals surface area contributed by atoms with Gasteiger partial charge in [0, 0.05) is 72.9 Å². The first-order valence-electron chi connectivity index (χ1n) is 15.4. The first kappa shape index (κ1) is 31.6. The topological polar surface area (TPSA) is 82.2 Å². The van der Waals surface area contributed by atoms with Crippen molar-refractivity contribution < 1.29 is 19.1 Å². The number of hydrogen-bond donors (Lipinski definition) is 1. The first-order valence-corrected chi connectivity index (χ1v) is 16.2. The molecule has 8 nitrogen and oxygen atoms in total. The number of piperidine rings is 2. The zero-order chi connectivity index (χ0) is 30.5. The molecule has 3 aliphatic heterocycles. The van der Waals surface area contributed by atoms with Crippen LogP contribution in [0.25, 0.3) is 0 Å². The van der Waals surface area contributed by atoms with E-state index in [2.05, 4.69) is 10.2 Å². The minimum absolute atomic E-state index is 0.0160. The lowest BCUT2D eigenvalue weighted by molar-refractivity contribution is -0.133. The molecule has 232 valence electrons. The average molecular weight is 630 g/mol. The van der Waals surface area contributed by atoms with E-state index in [1.807, 2.05) is 34.9 Å². The second-order valence-corrected chi connectivity index (χ2v) is 13.0. The molecule has 3 saturated heterocycles. The highest BCUT2D eigenvalue weighted by Gasteiger charge is 2.41. The minimum Gasteiger partial charge on any atom is -0.484 e. The summed E-state index contributed by atoms with van der Waals surface area (Å²) in [6.07, 6.45) is 6.32. The van der Waals surface area contributed by atoms with Gasteiger partial charge < -0.3 is 19.9 Å². The van der Waals surface area contributed by atoms with Gasteiger partial charge in [-0.1, -0.05) is 29.3 Å². The number of nitrogens with one attached hydrogen (secondary N) is 1. The van der Waals surface area contributed by atoms with Gasteiger partial charge in [-0.05, 0) is 93.8 Å². The number of nitrogens with zero attached hydrogens (tertiary/aromatic N) is 3. The maximum Gasteiger partial charge on any atom is 0.258 e. The minimum atomic E-state index is -0.104. The van der Waals surface area contributed by atoms with Crippen LogP contribution in [0.4, 0.5) is 5.69 Å².